The molecule has 3 N–H and O–H groups in total. The van der Waals surface area contributed by atoms with Crippen LogP contribution in [0.1, 0.15) is 6.42 Å². The Balaban J connectivity index is 0.000000151. The molecule has 0 aromatic heterocycles. The van der Waals surface area contributed by atoms with Gasteiger partial charge in [-0.2, -0.15) is 0 Å². The average Bonchev–Trinajstić information content (AvgIpc) is 2.63. The summed E-state index contributed by atoms with van der Waals surface area (Å²) in [6, 6.07) is 0. The van der Waals surface area contributed by atoms with E-state index < -0.39 is 0 Å². The van der Waals surface area contributed by atoms with E-state index in [4.69, 9.17) is 14.6 Å². The fourth-order valence-corrected chi connectivity index (χ4v) is 1.41. The molecular formula is C10H22N2O3. The predicted molar refractivity (Wildman–Crippen MR) is 58.0 cm³/mol. The molecule has 0 aromatic carbocycles. The molecule has 1 unspecified atom stereocenters. The minimum atomic E-state index is 0.0312. The second-order valence-electron chi connectivity index (χ2n) is 3.60. The molecule has 0 spiro atoms. The van der Waals surface area contributed by atoms with Crippen LogP contribution in [-0.4, -0.2) is 63.8 Å². The van der Waals surface area contributed by atoms with E-state index in [-0.39, 0.29) is 12.7 Å². The maximum Gasteiger partial charge on any atom is 0.0930 e. The molecular weight excluding hydrogens is 196 g/mol. The first kappa shape index (κ1) is 12.9. The lowest BCUT2D eigenvalue weighted by Gasteiger charge is -2.21. The highest BCUT2D eigenvalue weighted by Gasteiger charge is 2.10. The predicted octanol–water partition coefficient (Wildman–Crippen LogP) is -1.04. The summed E-state index contributed by atoms with van der Waals surface area (Å²) in [5, 5.41) is 14.8. The maximum absolute atomic E-state index is 8.53. The van der Waals surface area contributed by atoms with Crippen LogP contribution in [0.3, 0.4) is 0 Å². The molecule has 0 radical (unpaired) electrons. The first-order chi connectivity index (χ1) is 7.43. The van der Waals surface area contributed by atoms with Gasteiger partial charge in [-0.05, 0) is 13.0 Å². The largest absolute Gasteiger partial charge is 0.394 e. The topological polar surface area (TPSA) is 62.8 Å². The van der Waals surface area contributed by atoms with Crippen LogP contribution in [-0.2, 0) is 9.47 Å². The Labute approximate surface area is 91.1 Å². The molecule has 5 nitrogen and oxygen atoms in total. The van der Waals surface area contributed by atoms with Crippen molar-refractivity contribution in [3.8, 4) is 0 Å². The van der Waals surface area contributed by atoms with E-state index in [1.54, 1.807) is 0 Å². The Morgan fingerprint density at radius 3 is 2.60 bits per heavy atom. The molecule has 0 saturated carbocycles. The molecule has 2 saturated heterocycles. The molecule has 15 heavy (non-hydrogen) atoms. The maximum atomic E-state index is 8.53. The van der Waals surface area contributed by atoms with Crippen LogP contribution in [0.2, 0.25) is 0 Å². The number of morpholine rings is 1. The monoisotopic (exact) mass is 218 g/mol. The second-order valence-corrected chi connectivity index (χ2v) is 3.60. The summed E-state index contributed by atoms with van der Waals surface area (Å²) in [6.07, 6.45) is 1.20. The summed E-state index contributed by atoms with van der Waals surface area (Å²) < 4.78 is 10.2. The van der Waals surface area contributed by atoms with E-state index in [2.05, 4.69) is 10.6 Å². The zero-order valence-electron chi connectivity index (χ0n) is 9.21. The molecule has 2 aliphatic heterocycles. The van der Waals surface area contributed by atoms with Gasteiger partial charge in [0, 0.05) is 26.2 Å². The van der Waals surface area contributed by atoms with Gasteiger partial charge in [0.1, 0.15) is 0 Å². The van der Waals surface area contributed by atoms with Gasteiger partial charge < -0.3 is 25.2 Å². The van der Waals surface area contributed by atoms with E-state index in [0.29, 0.717) is 0 Å². The summed E-state index contributed by atoms with van der Waals surface area (Å²) >= 11 is 0. The fraction of sp³-hybridized carbons (Fsp3) is 1.00. The minimum absolute atomic E-state index is 0.0312. The van der Waals surface area contributed by atoms with E-state index in [0.717, 1.165) is 46.0 Å². The molecule has 0 amide bonds. The quantitative estimate of drug-likeness (QED) is 0.525. The zero-order valence-corrected chi connectivity index (χ0v) is 9.21. The van der Waals surface area contributed by atoms with Crippen LogP contribution in [0.5, 0.6) is 0 Å². The van der Waals surface area contributed by atoms with Crippen LogP contribution in [0.25, 0.3) is 0 Å². The van der Waals surface area contributed by atoms with Gasteiger partial charge in [-0.25, -0.2) is 0 Å². The molecule has 90 valence electrons. The van der Waals surface area contributed by atoms with Crippen molar-refractivity contribution < 1.29 is 14.6 Å². The summed E-state index contributed by atoms with van der Waals surface area (Å²) in [6.45, 7) is 6.54. The van der Waals surface area contributed by atoms with Gasteiger partial charge in [0.15, 0.2) is 0 Å². The van der Waals surface area contributed by atoms with E-state index >= 15 is 0 Å². The number of rotatable bonds is 1. The minimum Gasteiger partial charge on any atom is -0.394 e. The second kappa shape index (κ2) is 9.06. The first-order valence-corrected chi connectivity index (χ1v) is 5.65. The molecule has 0 aliphatic carbocycles. The third-order valence-corrected chi connectivity index (χ3v) is 2.27. The smallest absolute Gasteiger partial charge is 0.0930 e. The Morgan fingerprint density at radius 1 is 1.07 bits per heavy atom. The normalized spacial score (nSPS) is 27.4. The highest BCUT2D eigenvalue weighted by atomic mass is 16.5. The van der Waals surface area contributed by atoms with Crippen molar-refractivity contribution in [2.24, 2.45) is 0 Å². The lowest BCUT2D eigenvalue weighted by Crippen LogP contribution is -2.40. The Kier molecular flexibility index (Phi) is 7.77. The van der Waals surface area contributed by atoms with Crippen LogP contribution in [0.15, 0.2) is 0 Å². The molecule has 5 heteroatoms. The van der Waals surface area contributed by atoms with Gasteiger partial charge in [0.2, 0.25) is 0 Å². The molecule has 2 heterocycles. The summed E-state index contributed by atoms with van der Waals surface area (Å²) in [7, 11) is 0. The number of aliphatic hydroxyl groups excluding tert-OH is 1. The third kappa shape index (κ3) is 6.81. The van der Waals surface area contributed by atoms with Crippen molar-refractivity contribution in [3.05, 3.63) is 0 Å². The van der Waals surface area contributed by atoms with Gasteiger partial charge in [-0.1, -0.05) is 0 Å². The number of ether oxygens (including phenoxy) is 2. The molecule has 1 atom stereocenters. The van der Waals surface area contributed by atoms with Crippen LogP contribution < -0.4 is 10.6 Å². The van der Waals surface area contributed by atoms with E-state index in [1.807, 2.05) is 0 Å². The van der Waals surface area contributed by atoms with Crippen molar-refractivity contribution in [1.82, 2.24) is 10.6 Å². The zero-order chi connectivity index (χ0) is 10.8. The van der Waals surface area contributed by atoms with Crippen LogP contribution in [0.4, 0.5) is 0 Å². The molecule has 2 fully saturated rings. The van der Waals surface area contributed by atoms with Gasteiger partial charge in [0.05, 0.1) is 25.9 Å². The number of nitrogens with one attached hydrogen (secondary N) is 2. The molecule has 0 aromatic rings. The highest BCUT2D eigenvalue weighted by Crippen LogP contribution is 1.92. The van der Waals surface area contributed by atoms with Crippen molar-refractivity contribution in [2.45, 2.75) is 12.5 Å². The molecule has 2 rings (SSSR count). The standard InChI is InChI=1S/C5H11NO2.C5H11NO/c7-4-5-3-6-1-2-8-5;1-2-6-3-5-7-4-1/h5-7H,1-4H2;6H,1-5H2. The number of hydrogen-bond acceptors (Lipinski definition) is 5. The van der Waals surface area contributed by atoms with Crippen molar-refractivity contribution >= 4 is 0 Å². The first-order valence-electron chi connectivity index (χ1n) is 5.65. The van der Waals surface area contributed by atoms with Gasteiger partial charge >= 0.3 is 0 Å². The summed E-state index contributed by atoms with van der Waals surface area (Å²) in [5.74, 6) is 0. The fourth-order valence-electron chi connectivity index (χ4n) is 1.41. The number of aliphatic hydroxyl groups is 1. The Bertz CT molecular complexity index is 121. The molecule has 0 bridgehead atoms. The number of hydrogen-bond donors (Lipinski definition) is 3. The molecule has 2 aliphatic rings. The average molecular weight is 218 g/mol. The lowest BCUT2D eigenvalue weighted by atomic mass is 10.3. The Hall–Kier alpha value is -0.200. The van der Waals surface area contributed by atoms with Crippen LogP contribution in [0, 0.1) is 0 Å². The van der Waals surface area contributed by atoms with Crippen molar-refractivity contribution in [2.75, 3.05) is 52.6 Å². The van der Waals surface area contributed by atoms with E-state index in [9.17, 15) is 0 Å². The SMILES string of the molecule is C1CNCCOC1.OCC1CNCCO1. The van der Waals surface area contributed by atoms with Crippen molar-refractivity contribution in [1.29, 1.82) is 0 Å². The van der Waals surface area contributed by atoms with E-state index in [1.165, 1.54) is 6.42 Å². The van der Waals surface area contributed by atoms with Crippen LogP contribution >= 0.6 is 0 Å². The summed E-state index contributed by atoms with van der Waals surface area (Å²) in [5.41, 5.74) is 0. The third-order valence-electron chi connectivity index (χ3n) is 2.27. The summed E-state index contributed by atoms with van der Waals surface area (Å²) in [4.78, 5) is 0. The van der Waals surface area contributed by atoms with Crippen molar-refractivity contribution in [3.63, 3.8) is 0 Å². The van der Waals surface area contributed by atoms with Gasteiger partial charge in [0.25, 0.3) is 0 Å². The van der Waals surface area contributed by atoms with Gasteiger partial charge in [-0.3, -0.25) is 0 Å². The van der Waals surface area contributed by atoms with Gasteiger partial charge in [-0.15, -0.1) is 0 Å². The lowest BCUT2D eigenvalue weighted by molar-refractivity contribution is -0.00618. The Morgan fingerprint density at radius 2 is 1.93 bits per heavy atom. The highest BCUT2D eigenvalue weighted by molar-refractivity contribution is 4.64.